The zero-order chi connectivity index (χ0) is 13.7. The number of ether oxygens (including phenoxy) is 1. The first kappa shape index (κ1) is 18.4. The summed E-state index contributed by atoms with van der Waals surface area (Å²) >= 11 is 7.58. The van der Waals surface area contributed by atoms with Crippen molar-refractivity contribution in [3.63, 3.8) is 0 Å². The normalized spacial score (nSPS) is 16.9. The summed E-state index contributed by atoms with van der Waals surface area (Å²) in [6.45, 7) is 16.2. The van der Waals surface area contributed by atoms with Crippen molar-refractivity contribution in [1.82, 2.24) is 0 Å². The second-order valence-electron chi connectivity index (χ2n) is 6.86. The van der Waals surface area contributed by atoms with Crippen LogP contribution in [0.2, 0.25) is 39.3 Å². The van der Waals surface area contributed by atoms with Gasteiger partial charge in [0.15, 0.2) is 0 Å². The topological polar surface area (TPSA) is 9.23 Å². The molecule has 0 heterocycles. The van der Waals surface area contributed by atoms with Gasteiger partial charge in [-0.2, -0.15) is 0 Å². The molecule has 104 valence electrons. The standard InChI is InChI=1S/C12H28Br2OSi2/c1-16(2,3)11(13)7-9-15-10-8-12(14)17(4,5)6/h11-12H,7-10H2,1-6H3. The first-order chi connectivity index (χ1) is 7.55. The van der Waals surface area contributed by atoms with Crippen LogP contribution in [0.1, 0.15) is 12.8 Å². The number of halogens is 2. The molecule has 1 nitrogen and oxygen atoms in total. The molecule has 0 amide bonds. The van der Waals surface area contributed by atoms with Crippen LogP contribution in [0.4, 0.5) is 0 Å². The first-order valence-electron chi connectivity index (χ1n) is 6.41. The van der Waals surface area contributed by atoms with Crippen molar-refractivity contribution < 1.29 is 4.74 Å². The lowest BCUT2D eigenvalue weighted by Crippen LogP contribution is -2.35. The highest BCUT2D eigenvalue weighted by molar-refractivity contribution is 9.10. The Balaban J connectivity index is 3.61. The van der Waals surface area contributed by atoms with E-state index in [9.17, 15) is 0 Å². The predicted octanol–water partition coefficient (Wildman–Crippen LogP) is 5.07. The summed E-state index contributed by atoms with van der Waals surface area (Å²) in [4.78, 5) is 0. The highest BCUT2D eigenvalue weighted by Gasteiger charge is 2.25. The molecule has 0 aromatic carbocycles. The van der Waals surface area contributed by atoms with Gasteiger partial charge < -0.3 is 4.74 Å². The van der Waals surface area contributed by atoms with E-state index in [2.05, 4.69) is 71.1 Å². The summed E-state index contributed by atoms with van der Waals surface area (Å²) in [5, 5.41) is 0. The fourth-order valence-electron chi connectivity index (χ4n) is 1.34. The number of alkyl halides is 2. The third-order valence-electron chi connectivity index (χ3n) is 2.91. The molecule has 0 aliphatic rings. The van der Waals surface area contributed by atoms with Crippen molar-refractivity contribution in [2.24, 2.45) is 0 Å². The maximum absolute atomic E-state index is 5.75. The lowest BCUT2D eigenvalue weighted by molar-refractivity contribution is 0.134. The molecule has 17 heavy (non-hydrogen) atoms. The number of rotatable bonds is 8. The predicted molar refractivity (Wildman–Crippen MR) is 92.2 cm³/mol. The summed E-state index contributed by atoms with van der Waals surface area (Å²) in [5.41, 5.74) is 0. The fourth-order valence-corrected chi connectivity index (χ4v) is 3.68. The van der Waals surface area contributed by atoms with Crippen molar-refractivity contribution >= 4 is 48.0 Å². The van der Waals surface area contributed by atoms with Gasteiger partial charge in [-0.25, -0.2) is 0 Å². The minimum Gasteiger partial charge on any atom is -0.381 e. The van der Waals surface area contributed by atoms with Gasteiger partial charge in [0.1, 0.15) is 0 Å². The Kier molecular flexibility index (Phi) is 8.45. The molecule has 0 aliphatic heterocycles. The van der Waals surface area contributed by atoms with Gasteiger partial charge >= 0.3 is 0 Å². The Hall–Kier alpha value is 1.35. The van der Waals surface area contributed by atoms with Crippen molar-refractivity contribution in [3.8, 4) is 0 Å². The average molecular weight is 404 g/mol. The molecule has 5 heteroatoms. The Morgan fingerprint density at radius 3 is 1.29 bits per heavy atom. The monoisotopic (exact) mass is 402 g/mol. The van der Waals surface area contributed by atoms with Gasteiger partial charge in [0, 0.05) is 22.1 Å². The zero-order valence-electron chi connectivity index (χ0n) is 12.1. The molecule has 0 aromatic rings. The molecule has 0 aromatic heterocycles. The van der Waals surface area contributed by atoms with E-state index in [-0.39, 0.29) is 0 Å². The van der Waals surface area contributed by atoms with E-state index in [0.29, 0.717) is 8.90 Å². The Morgan fingerprint density at radius 1 is 0.765 bits per heavy atom. The van der Waals surface area contributed by atoms with Crippen LogP contribution >= 0.6 is 31.9 Å². The molecule has 0 fully saturated rings. The molecule has 0 aliphatic carbocycles. The molecular weight excluding hydrogens is 376 g/mol. The van der Waals surface area contributed by atoms with Crippen molar-refractivity contribution in [3.05, 3.63) is 0 Å². The molecule has 2 atom stereocenters. The van der Waals surface area contributed by atoms with E-state index in [0.717, 1.165) is 26.1 Å². The van der Waals surface area contributed by atoms with Gasteiger partial charge in [-0.05, 0) is 12.8 Å². The largest absolute Gasteiger partial charge is 0.381 e. The second-order valence-corrected chi connectivity index (χ2v) is 21.6. The molecular formula is C12H28Br2OSi2. The van der Waals surface area contributed by atoms with E-state index in [4.69, 9.17) is 4.74 Å². The summed E-state index contributed by atoms with van der Waals surface area (Å²) in [7, 11) is -2.08. The van der Waals surface area contributed by atoms with Gasteiger partial charge in [-0.3, -0.25) is 0 Å². The summed E-state index contributed by atoms with van der Waals surface area (Å²) in [6.07, 6.45) is 2.30. The second kappa shape index (κ2) is 7.83. The summed E-state index contributed by atoms with van der Waals surface area (Å²) in [6, 6.07) is 0. The van der Waals surface area contributed by atoms with Crippen molar-refractivity contribution in [2.75, 3.05) is 13.2 Å². The molecule has 0 bridgehead atoms. The lowest BCUT2D eigenvalue weighted by Gasteiger charge is -2.24. The maximum Gasteiger partial charge on any atom is 0.0596 e. The fraction of sp³-hybridized carbons (Fsp3) is 1.00. The smallest absolute Gasteiger partial charge is 0.0596 e. The van der Waals surface area contributed by atoms with Crippen LogP contribution in [-0.4, -0.2) is 38.3 Å². The zero-order valence-corrected chi connectivity index (χ0v) is 17.3. The third-order valence-corrected chi connectivity index (χ3v) is 16.4. The van der Waals surface area contributed by atoms with Gasteiger partial charge in [0.05, 0.1) is 16.1 Å². The number of hydrogen-bond acceptors (Lipinski definition) is 1. The number of hydrogen-bond donors (Lipinski definition) is 0. The van der Waals surface area contributed by atoms with Crippen molar-refractivity contribution in [2.45, 2.75) is 61.0 Å². The van der Waals surface area contributed by atoms with Crippen LogP contribution in [0.5, 0.6) is 0 Å². The van der Waals surface area contributed by atoms with Gasteiger partial charge in [-0.15, -0.1) is 0 Å². The van der Waals surface area contributed by atoms with Gasteiger partial charge in [0.25, 0.3) is 0 Å². The molecule has 0 radical (unpaired) electrons. The molecule has 0 rings (SSSR count). The molecule has 0 saturated heterocycles. The van der Waals surface area contributed by atoms with Crippen LogP contribution in [0.3, 0.4) is 0 Å². The molecule has 0 spiro atoms. The highest BCUT2D eigenvalue weighted by Crippen LogP contribution is 2.21. The summed E-state index contributed by atoms with van der Waals surface area (Å²) < 4.78 is 7.10. The molecule has 2 unspecified atom stereocenters. The van der Waals surface area contributed by atoms with E-state index < -0.39 is 16.1 Å². The minimum absolute atomic E-state index is 0.673. The molecule has 0 saturated carbocycles. The first-order valence-corrected chi connectivity index (χ1v) is 15.4. The van der Waals surface area contributed by atoms with Gasteiger partial charge in [0.2, 0.25) is 0 Å². The van der Waals surface area contributed by atoms with E-state index >= 15 is 0 Å². The Bertz CT molecular complexity index is 190. The van der Waals surface area contributed by atoms with Crippen LogP contribution in [0.15, 0.2) is 0 Å². The van der Waals surface area contributed by atoms with Crippen LogP contribution in [0, 0.1) is 0 Å². The SMILES string of the molecule is C[Si](C)(C)C(Br)CCOCCC(Br)[Si](C)(C)C. The van der Waals surface area contributed by atoms with E-state index in [1.54, 1.807) is 0 Å². The van der Waals surface area contributed by atoms with Crippen LogP contribution < -0.4 is 0 Å². The Labute approximate surface area is 126 Å². The van der Waals surface area contributed by atoms with Crippen LogP contribution in [0.25, 0.3) is 0 Å². The Morgan fingerprint density at radius 2 is 1.06 bits per heavy atom. The quantitative estimate of drug-likeness (QED) is 0.312. The average Bonchev–Trinajstić information content (AvgIpc) is 2.13. The van der Waals surface area contributed by atoms with Crippen molar-refractivity contribution in [1.29, 1.82) is 0 Å². The lowest BCUT2D eigenvalue weighted by atomic mass is 10.5. The minimum atomic E-state index is -1.04. The molecule has 0 N–H and O–H groups in total. The van der Waals surface area contributed by atoms with E-state index in [1.807, 2.05) is 0 Å². The van der Waals surface area contributed by atoms with Crippen LogP contribution in [-0.2, 0) is 4.74 Å². The highest BCUT2D eigenvalue weighted by atomic mass is 79.9. The summed E-state index contributed by atoms with van der Waals surface area (Å²) in [5.74, 6) is 0. The third kappa shape index (κ3) is 8.97. The maximum atomic E-state index is 5.75. The van der Waals surface area contributed by atoms with Gasteiger partial charge in [-0.1, -0.05) is 71.1 Å². The van der Waals surface area contributed by atoms with E-state index in [1.165, 1.54) is 0 Å².